The molecule has 0 bridgehead atoms. The van der Waals surface area contributed by atoms with Gasteiger partial charge in [0, 0.05) is 17.5 Å². The monoisotopic (exact) mass is 337 g/mol. The fourth-order valence-corrected chi connectivity index (χ4v) is 2.41. The molecule has 0 saturated carbocycles. The molecule has 6 nitrogen and oxygen atoms in total. The number of ether oxygens (including phenoxy) is 1. The Morgan fingerprint density at radius 3 is 2.84 bits per heavy atom. The number of para-hydroxylation sites is 1. The van der Waals surface area contributed by atoms with E-state index in [1.54, 1.807) is 48.7 Å². The largest absolute Gasteiger partial charge is 0.487 e. The van der Waals surface area contributed by atoms with Crippen molar-refractivity contribution in [1.29, 1.82) is 0 Å². The van der Waals surface area contributed by atoms with Crippen LogP contribution in [0.15, 0.2) is 70.0 Å². The zero-order chi connectivity index (χ0) is 17.2. The van der Waals surface area contributed by atoms with Gasteiger partial charge in [0.05, 0.1) is 6.20 Å². The molecule has 0 N–H and O–H groups in total. The van der Waals surface area contributed by atoms with Crippen molar-refractivity contribution in [3.63, 3.8) is 0 Å². The lowest BCUT2D eigenvalue weighted by atomic mass is 10.2. The van der Waals surface area contributed by atoms with Crippen LogP contribution in [0.1, 0.15) is 5.69 Å². The number of aromatic nitrogens is 3. The van der Waals surface area contributed by atoms with Gasteiger partial charge in [-0.25, -0.2) is 13.9 Å². The first-order valence-electron chi connectivity index (χ1n) is 7.52. The van der Waals surface area contributed by atoms with Gasteiger partial charge in [0.2, 0.25) is 0 Å². The summed E-state index contributed by atoms with van der Waals surface area (Å²) in [4.78, 5) is 11.3. The zero-order valence-electron chi connectivity index (χ0n) is 12.9. The summed E-state index contributed by atoms with van der Waals surface area (Å²) in [6.07, 6.45) is 1.60. The molecule has 0 aliphatic carbocycles. The van der Waals surface area contributed by atoms with Gasteiger partial charge in [0.1, 0.15) is 35.1 Å². The highest BCUT2D eigenvalue weighted by molar-refractivity contribution is 5.77. The Labute approximate surface area is 141 Å². The van der Waals surface area contributed by atoms with Gasteiger partial charge in [-0.3, -0.25) is 0 Å². The SMILES string of the molecule is O=c1ccc2ccc(OCc3cn(-c4ccccc4F)nn3)cc2o1. The molecule has 0 radical (unpaired) electrons. The summed E-state index contributed by atoms with van der Waals surface area (Å²) in [5.74, 6) is 0.145. The second-order valence-corrected chi connectivity index (χ2v) is 5.35. The lowest BCUT2D eigenvalue weighted by Crippen LogP contribution is -1.98. The molecule has 0 saturated heterocycles. The number of nitrogens with zero attached hydrogens (tertiary/aromatic N) is 3. The molecule has 0 atom stereocenters. The second kappa shape index (κ2) is 6.20. The fraction of sp³-hybridized carbons (Fsp3) is 0.0556. The van der Waals surface area contributed by atoms with E-state index in [0.717, 1.165) is 5.39 Å². The molecule has 0 aliphatic rings. The highest BCUT2D eigenvalue weighted by Gasteiger charge is 2.08. The molecule has 2 heterocycles. The Morgan fingerprint density at radius 1 is 1.12 bits per heavy atom. The van der Waals surface area contributed by atoms with Crippen LogP contribution in [0.2, 0.25) is 0 Å². The minimum Gasteiger partial charge on any atom is -0.487 e. The number of hydrogen-bond acceptors (Lipinski definition) is 5. The van der Waals surface area contributed by atoms with E-state index in [2.05, 4.69) is 10.3 Å². The van der Waals surface area contributed by atoms with Gasteiger partial charge in [0.25, 0.3) is 0 Å². The van der Waals surface area contributed by atoms with Crippen molar-refractivity contribution in [2.24, 2.45) is 0 Å². The Hall–Kier alpha value is -3.48. The van der Waals surface area contributed by atoms with Gasteiger partial charge in [0.15, 0.2) is 0 Å². The van der Waals surface area contributed by atoms with Crippen LogP contribution in [-0.2, 0) is 6.61 Å². The smallest absolute Gasteiger partial charge is 0.336 e. The fourth-order valence-electron chi connectivity index (χ4n) is 2.41. The first kappa shape index (κ1) is 15.1. The minimum absolute atomic E-state index is 0.150. The van der Waals surface area contributed by atoms with Crippen LogP contribution < -0.4 is 10.4 Å². The summed E-state index contributed by atoms with van der Waals surface area (Å²) in [5, 5.41) is 8.68. The van der Waals surface area contributed by atoms with Crippen molar-refractivity contribution in [3.8, 4) is 11.4 Å². The maximum atomic E-state index is 13.8. The first-order valence-corrected chi connectivity index (χ1v) is 7.52. The molecule has 0 fully saturated rings. The standard InChI is InChI=1S/C18H12FN3O3/c19-15-3-1-2-4-16(15)22-10-13(20-21-22)11-24-14-7-5-12-6-8-18(23)25-17(12)9-14/h1-10H,11H2. The van der Waals surface area contributed by atoms with E-state index in [-0.39, 0.29) is 12.4 Å². The van der Waals surface area contributed by atoms with Crippen molar-refractivity contribution in [1.82, 2.24) is 15.0 Å². The van der Waals surface area contributed by atoms with Crippen molar-refractivity contribution < 1.29 is 13.5 Å². The summed E-state index contributed by atoms with van der Waals surface area (Å²) in [5.41, 5.74) is 0.879. The Kier molecular flexibility index (Phi) is 3.74. The van der Waals surface area contributed by atoms with Gasteiger partial charge in [-0.05, 0) is 30.3 Å². The molecule has 25 heavy (non-hydrogen) atoms. The quantitative estimate of drug-likeness (QED) is 0.535. The lowest BCUT2D eigenvalue weighted by Gasteiger charge is -2.04. The van der Waals surface area contributed by atoms with E-state index < -0.39 is 5.63 Å². The Bertz CT molecular complexity index is 1100. The Morgan fingerprint density at radius 2 is 1.96 bits per heavy atom. The average molecular weight is 337 g/mol. The molecule has 7 heteroatoms. The molecular formula is C18H12FN3O3. The van der Waals surface area contributed by atoms with Crippen molar-refractivity contribution >= 4 is 11.0 Å². The third kappa shape index (κ3) is 3.12. The van der Waals surface area contributed by atoms with E-state index in [4.69, 9.17) is 9.15 Å². The van der Waals surface area contributed by atoms with Crippen LogP contribution >= 0.6 is 0 Å². The molecule has 4 aromatic rings. The molecule has 0 unspecified atom stereocenters. The van der Waals surface area contributed by atoms with E-state index >= 15 is 0 Å². The number of benzene rings is 2. The van der Waals surface area contributed by atoms with Gasteiger partial charge >= 0.3 is 5.63 Å². The van der Waals surface area contributed by atoms with E-state index in [9.17, 15) is 9.18 Å². The van der Waals surface area contributed by atoms with Crippen molar-refractivity contribution in [2.75, 3.05) is 0 Å². The molecule has 0 amide bonds. The average Bonchev–Trinajstić information content (AvgIpc) is 3.08. The Balaban J connectivity index is 1.52. The van der Waals surface area contributed by atoms with Gasteiger partial charge in [-0.15, -0.1) is 5.10 Å². The number of rotatable bonds is 4. The van der Waals surface area contributed by atoms with Gasteiger partial charge < -0.3 is 9.15 Å². The highest BCUT2D eigenvalue weighted by Crippen LogP contribution is 2.20. The van der Waals surface area contributed by atoms with Crippen LogP contribution in [0.25, 0.3) is 16.7 Å². The summed E-state index contributed by atoms with van der Waals surface area (Å²) in [6.45, 7) is 0.150. The highest BCUT2D eigenvalue weighted by atomic mass is 19.1. The van der Waals surface area contributed by atoms with Crippen molar-refractivity contribution in [3.05, 3.63) is 82.7 Å². The summed E-state index contributed by atoms with van der Waals surface area (Å²) in [7, 11) is 0. The minimum atomic E-state index is -0.419. The molecule has 2 aromatic heterocycles. The zero-order valence-corrected chi connectivity index (χ0v) is 12.9. The maximum absolute atomic E-state index is 13.8. The van der Waals surface area contributed by atoms with Crippen LogP contribution in [-0.4, -0.2) is 15.0 Å². The topological polar surface area (TPSA) is 70.2 Å². The normalized spacial score (nSPS) is 10.9. The summed E-state index contributed by atoms with van der Waals surface area (Å²) < 4.78 is 25.9. The summed E-state index contributed by atoms with van der Waals surface area (Å²) >= 11 is 0. The number of hydrogen-bond donors (Lipinski definition) is 0. The van der Waals surface area contributed by atoms with E-state index in [1.807, 2.05) is 0 Å². The first-order chi connectivity index (χ1) is 12.2. The molecule has 0 aliphatic heterocycles. The lowest BCUT2D eigenvalue weighted by molar-refractivity contribution is 0.301. The maximum Gasteiger partial charge on any atom is 0.336 e. The van der Waals surface area contributed by atoms with Crippen LogP contribution in [0.5, 0.6) is 5.75 Å². The van der Waals surface area contributed by atoms with E-state index in [0.29, 0.717) is 22.7 Å². The van der Waals surface area contributed by atoms with Crippen molar-refractivity contribution in [2.45, 2.75) is 6.61 Å². The van der Waals surface area contributed by atoms with E-state index in [1.165, 1.54) is 16.8 Å². The summed E-state index contributed by atoms with van der Waals surface area (Å²) in [6, 6.07) is 14.5. The third-order valence-electron chi connectivity index (χ3n) is 3.62. The van der Waals surface area contributed by atoms with Gasteiger partial charge in [-0.2, -0.15) is 0 Å². The predicted octanol–water partition coefficient (Wildman–Crippen LogP) is 3.09. The second-order valence-electron chi connectivity index (χ2n) is 5.35. The number of halogens is 1. The van der Waals surface area contributed by atoms with Gasteiger partial charge in [-0.1, -0.05) is 17.3 Å². The number of fused-ring (bicyclic) bond motifs is 1. The molecular weight excluding hydrogens is 325 g/mol. The third-order valence-corrected chi connectivity index (χ3v) is 3.62. The van der Waals surface area contributed by atoms with Crippen LogP contribution in [0, 0.1) is 5.82 Å². The molecule has 4 rings (SSSR count). The molecule has 2 aromatic carbocycles. The molecule has 0 spiro atoms. The van der Waals surface area contributed by atoms with Crippen LogP contribution in [0.3, 0.4) is 0 Å². The predicted molar refractivity (Wildman–Crippen MR) is 88.1 cm³/mol. The van der Waals surface area contributed by atoms with Crippen LogP contribution in [0.4, 0.5) is 4.39 Å². The molecule has 124 valence electrons.